The van der Waals surface area contributed by atoms with Crippen LogP contribution in [0.1, 0.15) is 15.9 Å². The standard InChI is InChI=1S/C20H16N4O3S/c25-17-10-21-20(27)24(17)11-13-6-8-15(9-7-13)18(26)23-19-22-16(12-28-19)14-4-2-1-3-5-14/h1-9,12H,10-11H2,(H,21,27)(H,22,23,26). The third kappa shape index (κ3) is 3.77. The number of urea groups is 1. The smallest absolute Gasteiger partial charge is 0.324 e. The Morgan fingerprint density at radius 3 is 2.54 bits per heavy atom. The number of benzene rings is 2. The van der Waals surface area contributed by atoms with E-state index in [0.717, 1.165) is 21.7 Å². The molecule has 4 amide bonds. The van der Waals surface area contributed by atoms with Crippen molar-refractivity contribution in [1.29, 1.82) is 0 Å². The molecule has 3 aromatic rings. The van der Waals surface area contributed by atoms with Gasteiger partial charge in [-0.3, -0.25) is 19.8 Å². The van der Waals surface area contributed by atoms with Gasteiger partial charge in [-0.05, 0) is 17.7 Å². The maximum Gasteiger partial charge on any atom is 0.324 e. The molecule has 2 aromatic carbocycles. The zero-order chi connectivity index (χ0) is 19.5. The second kappa shape index (κ2) is 7.61. The molecule has 28 heavy (non-hydrogen) atoms. The van der Waals surface area contributed by atoms with Crippen LogP contribution in [0.4, 0.5) is 9.93 Å². The lowest BCUT2D eigenvalue weighted by Crippen LogP contribution is -2.30. The number of thiazole rings is 1. The van der Waals surface area contributed by atoms with Crippen molar-refractivity contribution in [2.45, 2.75) is 6.54 Å². The van der Waals surface area contributed by atoms with Gasteiger partial charge in [0.2, 0.25) is 5.91 Å². The predicted octanol–water partition coefficient (Wildman–Crippen LogP) is 3.11. The molecular weight excluding hydrogens is 376 g/mol. The number of carbonyl (C=O) groups is 3. The normalized spacial score (nSPS) is 13.5. The molecule has 0 radical (unpaired) electrons. The number of anilines is 1. The van der Waals surface area contributed by atoms with Crippen molar-refractivity contribution in [1.82, 2.24) is 15.2 Å². The van der Waals surface area contributed by atoms with Gasteiger partial charge in [-0.15, -0.1) is 11.3 Å². The van der Waals surface area contributed by atoms with Gasteiger partial charge >= 0.3 is 6.03 Å². The second-order valence-electron chi connectivity index (χ2n) is 6.19. The lowest BCUT2D eigenvalue weighted by Gasteiger charge is -2.12. The molecule has 0 unspecified atom stereocenters. The maximum atomic E-state index is 12.4. The van der Waals surface area contributed by atoms with E-state index in [-0.39, 0.29) is 24.9 Å². The monoisotopic (exact) mass is 392 g/mol. The molecule has 2 N–H and O–H groups in total. The van der Waals surface area contributed by atoms with Crippen molar-refractivity contribution in [3.05, 3.63) is 71.1 Å². The van der Waals surface area contributed by atoms with Crippen LogP contribution in [0.15, 0.2) is 60.0 Å². The molecule has 0 spiro atoms. The Morgan fingerprint density at radius 1 is 1.11 bits per heavy atom. The highest BCUT2D eigenvalue weighted by atomic mass is 32.1. The Labute approximate surface area is 165 Å². The van der Waals surface area contributed by atoms with Gasteiger partial charge in [0.1, 0.15) is 0 Å². The fourth-order valence-electron chi connectivity index (χ4n) is 2.80. The van der Waals surface area contributed by atoms with Gasteiger partial charge in [0.25, 0.3) is 5.91 Å². The summed E-state index contributed by atoms with van der Waals surface area (Å²) in [5.41, 5.74) is 3.04. The molecule has 2 heterocycles. The van der Waals surface area contributed by atoms with Gasteiger partial charge < -0.3 is 5.32 Å². The maximum absolute atomic E-state index is 12.4. The summed E-state index contributed by atoms with van der Waals surface area (Å²) in [6.45, 7) is 0.206. The molecule has 0 saturated carbocycles. The van der Waals surface area contributed by atoms with Crippen molar-refractivity contribution in [3.63, 3.8) is 0 Å². The first-order chi connectivity index (χ1) is 13.6. The third-order valence-corrected chi connectivity index (χ3v) is 5.05. The summed E-state index contributed by atoms with van der Waals surface area (Å²) in [7, 11) is 0. The van der Waals surface area contributed by atoms with E-state index < -0.39 is 6.03 Å². The first kappa shape index (κ1) is 17.9. The minimum atomic E-state index is -0.398. The molecule has 8 heteroatoms. The Kier molecular flexibility index (Phi) is 4.86. The SMILES string of the molecule is O=C(Nc1nc(-c2ccccc2)cs1)c1ccc(CN2C(=O)CNC2=O)cc1. The van der Waals surface area contributed by atoms with E-state index in [0.29, 0.717) is 10.7 Å². The zero-order valence-corrected chi connectivity index (χ0v) is 15.5. The van der Waals surface area contributed by atoms with Crippen molar-refractivity contribution < 1.29 is 14.4 Å². The first-order valence-corrected chi connectivity index (χ1v) is 9.47. The Hall–Kier alpha value is -3.52. The Morgan fingerprint density at radius 2 is 1.86 bits per heavy atom. The largest absolute Gasteiger partial charge is 0.329 e. The molecule has 1 aliphatic heterocycles. The van der Waals surface area contributed by atoms with Crippen molar-refractivity contribution >= 4 is 34.3 Å². The minimum Gasteiger partial charge on any atom is -0.329 e. The topological polar surface area (TPSA) is 91.4 Å². The van der Waals surface area contributed by atoms with Crippen LogP contribution in [0.2, 0.25) is 0 Å². The van der Waals surface area contributed by atoms with Crippen LogP contribution in [0.5, 0.6) is 0 Å². The highest BCUT2D eigenvalue weighted by Crippen LogP contribution is 2.25. The number of hydrogen-bond acceptors (Lipinski definition) is 5. The fraction of sp³-hybridized carbons (Fsp3) is 0.100. The molecule has 0 atom stereocenters. The average molecular weight is 392 g/mol. The van der Waals surface area contributed by atoms with Crippen LogP contribution in [0, 0.1) is 0 Å². The predicted molar refractivity (Wildman–Crippen MR) is 106 cm³/mol. The molecule has 0 bridgehead atoms. The molecule has 1 aliphatic rings. The molecule has 1 saturated heterocycles. The van der Waals surface area contributed by atoms with Crippen molar-refractivity contribution in [3.8, 4) is 11.3 Å². The summed E-state index contributed by atoms with van der Waals surface area (Å²) < 4.78 is 0. The zero-order valence-electron chi connectivity index (χ0n) is 14.7. The molecule has 4 rings (SSSR count). The second-order valence-corrected chi connectivity index (χ2v) is 7.05. The van der Waals surface area contributed by atoms with E-state index in [1.165, 1.54) is 11.3 Å². The number of rotatable bonds is 5. The highest BCUT2D eigenvalue weighted by Gasteiger charge is 2.28. The number of amides is 4. The van der Waals surface area contributed by atoms with E-state index in [1.807, 2.05) is 35.7 Å². The van der Waals surface area contributed by atoms with Crippen molar-refractivity contribution in [2.24, 2.45) is 0 Å². The molecule has 7 nitrogen and oxygen atoms in total. The van der Waals surface area contributed by atoms with E-state index in [2.05, 4.69) is 15.6 Å². The first-order valence-electron chi connectivity index (χ1n) is 8.59. The van der Waals surface area contributed by atoms with Gasteiger partial charge in [-0.25, -0.2) is 9.78 Å². The summed E-state index contributed by atoms with van der Waals surface area (Å²) in [5.74, 6) is -0.527. The summed E-state index contributed by atoms with van der Waals surface area (Å²) in [6, 6.07) is 16.1. The molecule has 1 fully saturated rings. The van der Waals surface area contributed by atoms with Crippen LogP contribution in [0.25, 0.3) is 11.3 Å². The van der Waals surface area contributed by atoms with Gasteiger partial charge in [0.05, 0.1) is 18.8 Å². The third-order valence-electron chi connectivity index (χ3n) is 4.29. The quantitative estimate of drug-likeness (QED) is 0.653. The van der Waals surface area contributed by atoms with E-state index >= 15 is 0 Å². The number of carbonyl (C=O) groups excluding carboxylic acids is 3. The van der Waals surface area contributed by atoms with Crippen LogP contribution in [0.3, 0.4) is 0 Å². The average Bonchev–Trinajstić information content (AvgIpc) is 3.31. The summed E-state index contributed by atoms with van der Waals surface area (Å²) in [6.07, 6.45) is 0. The van der Waals surface area contributed by atoms with E-state index in [9.17, 15) is 14.4 Å². The molecular formula is C20H16N4O3S. The lowest BCUT2D eigenvalue weighted by molar-refractivity contribution is -0.125. The van der Waals surface area contributed by atoms with E-state index in [4.69, 9.17) is 0 Å². The highest BCUT2D eigenvalue weighted by molar-refractivity contribution is 7.14. The lowest BCUT2D eigenvalue weighted by atomic mass is 10.1. The van der Waals surface area contributed by atoms with E-state index in [1.54, 1.807) is 24.3 Å². The van der Waals surface area contributed by atoms with Crippen LogP contribution < -0.4 is 10.6 Å². The Bertz CT molecular complexity index is 1020. The molecule has 0 aliphatic carbocycles. The van der Waals surface area contributed by atoms with Gasteiger partial charge in [0, 0.05) is 16.5 Å². The fourth-order valence-corrected chi connectivity index (χ4v) is 3.52. The van der Waals surface area contributed by atoms with Crippen LogP contribution in [-0.2, 0) is 11.3 Å². The number of nitrogens with one attached hydrogen (secondary N) is 2. The van der Waals surface area contributed by atoms with Gasteiger partial charge in [-0.2, -0.15) is 0 Å². The van der Waals surface area contributed by atoms with Crippen molar-refractivity contribution in [2.75, 3.05) is 11.9 Å². The summed E-state index contributed by atoms with van der Waals surface area (Å²) in [4.78, 5) is 41.3. The molecule has 1 aromatic heterocycles. The minimum absolute atomic E-state index is 0.0259. The summed E-state index contributed by atoms with van der Waals surface area (Å²) in [5, 5.41) is 7.69. The van der Waals surface area contributed by atoms with Crippen LogP contribution in [-0.4, -0.2) is 34.3 Å². The number of aromatic nitrogens is 1. The molecule has 140 valence electrons. The summed E-state index contributed by atoms with van der Waals surface area (Å²) >= 11 is 1.36. The Balaban J connectivity index is 1.41. The number of hydrogen-bond donors (Lipinski definition) is 2. The van der Waals surface area contributed by atoms with Crippen LogP contribution >= 0.6 is 11.3 Å². The van der Waals surface area contributed by atoms with Gasteiger partial charge in [0.15, 0.2) is 5.13 Å². The van der Waals surface area contributed by atoms with Gasteiger partial charge in [-0.1, -0.05) is 42.5 Å². The number of nitrogens with zero attached hydrogens (tertiary/aromatic N) is 2. The number of imide groups is 1.